The Morgan fingerprint density at radius 1 is 1.09 bits per heavy atom. The molecule has 0 aliphatic heterocycles. The molecule has 1 N–H and O–H groups in total. The first-order valence-electron chi connectivity index (χ1n) is 7.50. The Labute approximate surface area is 132 Å². The number of para-hydroxylation sites is 2. The number of benzene rings is 2. The van der Waals surface area contributed by atoms with Gasteiger partial charge in [-0.15, -0.1) is 0 Å². The molecule has 114 valence electrons. The molecule has 2 aromatic carbocycles. The topological polar surface area (TPSA) is 59.9 Å². The normalized spacial score (nSPS) is 11.2. The van der Waals surface area contributed by atoms with Crippen LogP contribution in [0.2, 0.25) is 0 Å². The fourth-order valence-corrected chi connectivity index (χ4v) is 2.79. The largest absolute Gasteiger partial charge is 0.492 e. The van der Waals surface area contributed by atoms with E-state index in [0.29, 0.717) is 12.0 Å². The first-order chi connectivity index (χ1) is 11.3. The molecule has 0 amide bonds. The maximum atomic E-state index is 12.6. The standard InChI is InChI=1S/C18H15N3O2/c1-2-23-15-10-6-9-13-16-14(11-19-17(13)15)18(22)21(20-16)12-7-4-3-5-8-12/h3-11,20H,2H2,1H3. The lowest BCUT2D eigenvalue weighted by atomic mass is 10.1. The maximum absolute atomic E-state index is 12.6. The minimum absolute atomic E-state index is 0.109. The van der Waals surface area contributed by atoms with Crippen LogP contribution in [0, 0.1) is 0 Å². The van der Waals surface area contributed by atoms with Crippen LogP contribution in [-0.2, 0) is 0 Å². The van der Waals surface area contributed by atoms with Crippen LogP contribution in [0.3, 0.4) is 0 Å². The first-order valence-corrected chi connectivity index (χ1v) is 7.50. The third-order valence-electron chi connectivity index (χ3n) is 3.83. The van der Waals surface area contributed by atoms with E-state index in [4.69, 9.17) is 4.74 Å². The fourth-order valence-electron chi connectivity index (χ4n) is 2.79. The summed E-state index contributed by atoms with van der Waals surface area (Å²) in [7, 11) is 0. The maximum Gasteiger partial charge on any atom is 0.280 e. The van der Waals surface area contributed by atoms with Gasteiger partial charge in [0.1, 0.15) is 11.3 Å². The molecular formula is C18H15N3O2. The van der Waals surface area contributed by atoms with Crippen molar-refractivity contribution >= 4 is 21.8 Å². The zero-order valence-electron chi connectivity index (χ0n) is 12.6. The van der Waals surface area contributed by atoms with Gasteiger partial charge < -0.3 is 4.74 Å². The minimum Gasteiger partial charge on any atom is -0.492 e. The summed E-state index contributed by atoms with van der Waals surface area (Å²) in [6, 6.07) is 15.2. The van der Waals surface area contributed by atoms with E-state index in [-0.39, 0.29) is 5.56 Å². The molecule has 0 spiro atoms. The number of fused-ring (bicyclic) bond motifs is 3. The lowest BCUT2D eigenvalue weighted by Crippen LogP contribution is -2.13. The van der Waals surface area contributed by atoms with E-state index in [2.05, 4.69) is 10.1 Å². The van der Waals surface area contributed by atoms with E-state index in [1.165, 1.54) is 0 Å². The Kier molecular flexibility index (Phi) is 3.12. The van der Waals surface area contributed by atoms with Crippen molar-refractivity contribution in [3.63, 3.8) is 0 Å². The van der Waals surface area contributed by atoms with Crippen molar-refractivity contribution in [2.24, 2.45) is 0 Å². The average Bonchev–Trinajstić information content (AvgIpc) is 2.94. The second kappa shape index (κ2) is 5.28. The number of aromatic amines is 1. The summed E-state index contributed by atoms with van der Waals surface area (Å²) < 4.78 is 7.17. The lowest BCUT2D eigenvalue weighted by Gasteiger charge is -2.06. The van der Waals surface area contributed by atoms with Gasteiger partial charge in [-0.25, -0.2) is 4.68 Å². The van der Waals surface area contributed by atoms with Crippen LogP contribution < -0.4 is 10.3 Å². The molecule has 2 heterocycles. The van der Waals surface area contributed by atoms with Crippen molar-refractivity contribution in [1.29, 1.82) is 0 Å². The number of hydrogen-bond acceptors (Lipinski definition) is 3. The molecule has 0 unspecified atom stereocenters. The van der Waals surface area contributed by atoms with Crippen LogP contribution in [-0.4, -0.2) is 21.4 Å². The lowest BCUT2D eigenvalue weighted by molar-refractivity contribution is 0.343. The van der Waals surface area contributed by atoms with Gasteiger partial charge in [0.2, 0.25) is 0 Å². The van der Waals surface area contributed by atoms with E-state index in [0.717, 1.165) is 27.9 Å². The van der Waals surface area contributed by atoms with E-state index in [1.54, 1.807) is 10.9 Å². The summed E-state index contributed by atoms with van der Waals surface area (Å²) in [6.07, 6.45) is 1.61. The van der Waals surface area contributed by atoms with E-state index in [1.807, 2.05) is 55.5 Å². The van der Waals surface area contributed by atoms with Crippen molar-refractivity contribution in [3.05, 3.63) is 65.1 Å². The predicted octanol–water partition coefficient (Wildman–Crippen LogP) is 3.27. The zero-order valence-corrected chi connectivity index (χ0v) is 12.6. The molecule has 0 atom stereocenters. The van der Waals surface area contributed by atoms with Gasteiger partial charge in [-0.05, 0) is 25.1 Å². The summed E-state index contributed by atoms with van der Waals surface area (Å²) in [5.41, 5.74) is 2.21. The molecule has 23 heavy (non-hydrogen) atoms. The average molecular weight is 305 g/mol. The Morgan fingerprint density at radius 3 is 2.70 bits per heavy atom. The van der Waals surface area contributed by atoms with Crippen molar-refractivity contribution < 1.29 is 4.74 Å². The van der Waals surface area contributed by atoms with Crippen molar-refractivity contribution in [2.75, 3.05) is 6.61 Å². The third-order valence-corrected chi connectivity index (χ3v) is 3.83. The molecule has 0 saturated heterocycles. The number of nitrogens with one attached hydrogen (secondary N) is 1. The molecule has 2 aromatic heterocycles. The van der Waals surface area contributed by atoms with Crippen LogP contribution in [0.1, 0.15) is 6.92 Å². The Morgan fingerprint density at radius 2 is 1.91 bits per heavy atom. The second-order valence-electron chi connectivity index (χ2n) is 5.22. The molecule has 0 bridgehead atoms. The summed E-state index contributed by atoms with van der Waals surface area (Å²) in [5, 5.41) is 4.64. The highest BCUT2D eigenvalue weighted by atomic mass is 16.5. The van der Waals surface area contributed by atoms with E-state index in [9.17, 15) is 4.79 Å². The van der Waals surface area contributed by atoms with Gasteiger partial charge in [-0.1, -0.05) is 30.3 Å². The number of aromatic nitrogens is 3. The van der Waals surface area contributed by atoms with Crippen LogP contribution in [0.5, 0.6) is 5.75 Å². The first kappa shape index (κ1) is 13.6. The second-order valence-corrected chi connectivity index (χ2v) is 5.22. The quantitative estimate of drug-likeness (QED) is 0.632. The Bertz CT molecular complexity index is 1050. The smallest absolute Gasteiger partial charge is 0.280 e. The van der Waals surface area contributed by atoms with Gasteiger partial charge in [0.25, 0.3) is 5.56 Å². The highest BCUT2D eigenvalue weighted by molar-refractivity contribution is 6.04. The summed E-state index contributed by atoms with van der Waals surface area (Å²) in [6.45, 7) is 2.51. The van der Waals surface area contributed by atoms with Gasteiger partial charge in [0.15, 0.2) is 0 Å². The van der Waals surface area contributed by atoms with Gasteiger partial charge in [-0.3, -0.25) is 14.9 Å². The number of ether oxygens (including phenoxy) is 1. The third kappa shape index (κ3) is 2.09. The molecule has 5 nitrogen and oxygen atoms in total. The molecule has 0 radical (unpaired) electrons. The Balaban J connectivity index is 2.04. The number of rotatable bonds is 3. The Hall–Kier alpha value is -3.08. The molecule has 0 aliphatic rings. The molecule has 0 saturated carbocycles. The van der Waals surface area contributed by atoms with Crippen LogP contribution >= 0.6 is 0 Å². The molecule has 4 aromatic rings. The number of H-pyrrole nitrogens is 1. The molecule has 4 rings (SSSR count). The van der Waals surface area contributed by atoms with E-state index < -0.39 is 0 Å². The highest BCUT2D eigenvalue weighted by Crippen LogP contribution is 2.28. The van der Waals surface area contributed by atoms with Crippen molar-refractivity contribution in [1.82, 2.24) is 14.8 Å². The summed E-state index contributed by atoms with van der Waals surface area (Å²) >= 11 is 0. The molecule has 0 fully saturated rings. The predicted molar refractivity (Wildman–Crippen MR) is 90.4 cm³/mol. The fraction of sp³-hybridized carbons (Fsp3) is 0.111. The van der Waals surface area contributed by atoms with Crippen LogP contribution in [0.15, 0.2) is 59.5 Å². The van der Waals surface area contributed by atoms with Crippen molar-refractivity contribution in [3.8, 4) is 11.4 Å². The van der Waals surface area contributed by atoms with Gasteiger partial charge in [0, 0.05) is 11.6 Å². The van der Waals surface area contributed by atoms with Crippen LogP contribution in [0.4, 0.5) is 0 Å². The zero-order chi connectivity index (χ0) is 15.8. The van der Waals surface area contributed by atoms with Gasteiger partial charge in [-0.2, -0.15) is 0 Å². The number of nitrogens with zero attached hydrogens (tertiary/aromatic N) is 2. The monoisotopic (exact) mass is 305 g/mol. The van der Waals surface area contributed by atoms with Gasteiger partial charge in [0.05, 0.1) is 23.2 Å². The van der Waals surface area contributed by atoms with Crippen molar-refractivity contribution in [2.45, 2.75) is 6.92 Å². The minimum atomic E-state index is -0.109. The summed E-state index contributed by atoms with van der Waals surface area (Å²) in [4.78, 5) is 17.1. The van der Waals surface area contributed by atoms with Gasteiger partial charge >= 0.3 is 0 Å². The molecular weight excluding hydrogens is 290 g/mol. The number of hydrogen-bond donors (Lipinski definition) is 1. The molecule has 5 heteroatoms. The highest BCUT2D eigenvalue weighted by Gasteiger charge is 2.13. The summed E-state index contributed by atoms with van der Waals surface area (Å²) in [5.74, 6) is 0.722. The SMILES string of the molecule is CCOc1cccc2c1ncc1c(=O)n(-c3ccccc3)[nH]c12. The van der Waals surface area contributed by atoms with E-state index >= 15 is 0 Å². The molecule has 0 aliphatic carbocycles. The van der Waals surface area contributed by atoms with Crippen LogP contribution in [0.25, 0.3) is 27.5 Å². The number of pyridine rings is 1.